The molecule has 0 aliphatic carbocycles. The zero-order valence-corrected chi connectivity index (χ0v) is 12.3. The van der Waals surface area contributed by atoms with Gasteiger partial charge in [-0.05, 0) is 42.3 Å². The number of hydrogen-bond acceptors (Lipinski definition) is 2. The van der Waals surface area contributed by atoms with Gasteiger partial charge in [0.15, 0.2) is 0 Å². The molecule has 0 aliphatic rings. The molecule has 2 aromatic rings. The molecule has 0 spiro atoms. The molecular weight excluding hydrogens is 312 g/mol. The van der Waals surface area contributed by atoms with Crippen LogP contribution in [0.1, 0.15) is 12.5 Å². The van der Waals surface area contributed by atoms with E-state index in [4.69, 9.17) is 17.3 Å². The van der Waals surface area contributed by atoms with Crippen molar-refractivity contribution < 1.29 is 0 Å². The molecule has 2 rings (SSSR count). The first-order chi connectivity index (χ1) is 8.61. The van der Waals surface area contributed by atoms with E-state index in [-0.39, 0.29) is 0 Å². The number of nitrogens with two attached hydrogens (primary N) is 1. The van der Waals surface area contributed by atoms with E-state index in [0.29, 0.717) is 10.7 Å². The van der Waals surface area contributed by atoms with Gasteiger partial charge in [0, 0.05) is 10.2 Å². The fourth-order valence-electron chi connectivity index (χ4n) is 1.77. The molecule has 0 aliphatic heterocycles. The molecule has 0 radical (unpaired) electrons. The Morgan fingerprint density at radius 3 is 2.72 bits per heavy atom. The van der Waals surface area contributed by atoms with Crippen LogP contribution in [0.3, 0.4) is 0 Å². The van der Waals surface area contributed by atoms with Gasteiger partial charge in [0.25, 0.3) is 0 Å². The van der Waals surface area contributed by atoms with Gasteiger partial charge in [-0.25, -0.2) is 0 Å². The lowest BCUT2D eigenvalue weighted by Crippen LogP contribution is -1.99. The molecule has 2 aromatic carbocycles. The first-order valence-corrected chi connectivity index (χ1v) is 6.88. The highest BCUT2D eigenvalue weighted by atomic mass is 79.9. The standard InChI is InChI=1S/C14H14BrClN2/c1-2-9-8-10(15)6-7-12(9)18-13-5-3-4-11(16)14(13)17/h3-8,18H,2,17H2,1H3. The van der Waals surface area contributed by atoms with Gasteiger partial charge >= 0.3 is 0 Å². The third-order valence-electron chi connectivity index (χ3n) is 2.77. The van der Waals surface area contributed by atoms with Crippen LogP contribution in [-0.2, 0) is 6.42 Å². The maximum atomic E-state index is 6.01. The van der Waals surface area contributed by atoms with Gasteiger partial charge in [-0.15, -0.1) is 0 Å². The molecule has 0 bridgehead atoms. The molecule has 0 amide bonds. The van der Waals surface area contributed by atoms with Crippen molar-refractivity contribution in [2.45, 2.75) is 13.3 Å². The second kappa shape index (κ2) is 5.63. The average Bonchev–Trinajstić information content (AvgIpc) is 2.37. The lowest BCUT2D eigenvalue weighted by Gasteiger charge is -2.14. The summed E-state index contributed by atoms with van der Waals surface area (Å²) in [5, 5.41) is 3.89. The van der Waals surface area contributed by atoms with Crippen molar-refractivity contribution in [3.63, 3.8) is 0 Å². The zero-order valence-electron chi connectivity index (χ0n) is 10.0. The molecule has 3 N–H and O–H groups in total. The van der Waals surface area contributed by atoms with Crippen molar-refractivity contribution >= 4 is 44.6 Å². The summed E-state index contributed by atoms with van der Waals surface area (Å²) >= 11 is 9.48. The van der Waals surface area contributed by atoms with Crippen molar-refractivity contribution in [2.75, 3.05) is 11.1 Å². The minimum absolute atomic E-state index is 0.565. The first-order valence-electron chi connectivity index (χ1n) is 5.71. The molecule has 0 fully saturated rings. The molecule has 0 aromatic heterocycles. The van der Waals surface area contributed by atoms with Crippen LogP contribution in [0.2, 0.25) is 5.02 Å². The van der Waals surface area contributed by atoms with E-state index in [2.05, 4.69) is 34.2 Å². The minimum Gasteiger partial charge on any atom is -0.396 e. The normalized spacial score (nSPS) is 10.4. The van der Waals surface area contributed by atoms with Crippen molar-refractivity contribution in [2.24, 2.45) is 0 Å². The molecule has 0 saturated carbocycles. The Labute approximate surface area is 120 Å². The monoisotopic (exact) mass is 324 g/mol. The SMILES string of the molecule is CCc1cc(Br)ccc1Nc1cccc(Cl)c1N. The van der Waals surface area contributed by atoms with E-state index < -0.39 is 0 Å². The van der Waals surface area contributed by atoms with Crippen molar-refractivity contribution in [1.29, 1.82) is 0 Å². The number of nitrogen functional groups attached to an aromatic ring is 1. The highest BCUT2D eigenvalue weighted by Crippen LogP contribution is 2.31. The predicted octanol–water partition coefficient (Wildman–Crippen LogP) is 4.99. The largest absolute Gasteiger partial charge is 0.396 e. The summed E-state index contributed by atoms with van der Waals surface area (Å²) < 4.78 is 1.07. The lowest BCUT2D eigenvalue weighted by molar-refractivity contribution is 1.14. The van der Waals surface area contributed by atoms with Crippen LogP contribution in [0, 0.1) is 0 Å². The van der Waals surface area contributed by atoms with Gasteiger partial charge in [0.2, 0.25) is 0 Å². The van der Waals surface area contributed by atoms with E-state index >= 15 is 0 Å². The molecule has 4 heteroatoms. The van der Waals surface area contributed by atoms with Crippen LogP contribution in [0.25, 0.3) is 0 Å². The van der Waals surface area contributed by atoms with Gasteiger partial charge in [0.05, 0.1) is 16.4 Å². The van der Waals surface area contributed by atoms with Crippen LogP contribution < -0.4 is 11.1 Å². The van der Waals surface area contributed by atoms with Gasteiger partial charge in [-0.1, -0.05) is 40.5 Å². The van der Waals surface area contributed by atoms with Crippen molar-refractivity contribution in [3.8, 4) is 0 Å². The molecule has 0 saturated heterocycles. The average molecular weight is 326 g/mol. The zero-order chi connectivity index (χ0) is 13.1. The molecular formula is C14H14BrClN2. The summed E-state index contributed by atoms with van der Waals surface area (Å²) in [5.74, 6) is 0. The summed E-state index contributed by atoms with van der Waals surface area (Å²) in [5.41, 5.74) is 9.63. The Balaban J connectivity index is 2.37. The number of aryl methyl sites for hydroxylation is 1. The highest BCUT2D eigenvalue weighted by molar-refractivity contribution is 9.10. The molecule has 0 atom stereocenters. The number of benzene rings is 2. The van der Waals surface area contributed by atoms with Crippen molar-refractivity contribution in [1.82, 2.24) is 0 Å². The summed E-state index contributed by atoms with van der Waals surface area (Å²) in [7, 11) is 0. The van der Waals surface area contributed by atoms with Gasteiger partial charge < -0.3 is 11.1 Å². The fraction of sp³-hybridized carbons (Fsp3) is 0.143. The number of anilines is 3. The summed E-state index contributed by atoms with van der Waals surface area (Å²) in [4.78, 5) is 0. The van der Waals surface area contributed by atoms with E-state index in [1.807, 2.05) is 24.3 Å². The van der Waals surface area contributed by atoms with Crippen LogP contribution in [0.15, 0.2) is 40.9 Å². The van der Waals surface area contributed by atoms with Crippen LogP contribution in [0.4, 0.5) is 17.1 Å². The van der Waals surface area contributed by atoms with Gasteiger partial charge in [0.1, 0.15) is 0 Å². The second-order valence-corrected chi connectivity index (χ2v) is 5.30. The number of hydrogen-bond donors (Lipinski definition) is 2. The van der Waals surface area contributed by atoms with E-state index in [1.54, 1.807) is 6.07 Å². The third kappa shape index (κ3) is 2.79. The third-order valence-corrected chi connectivity index (χ3v) is 3.59. The van der Waals surface area contributed by atoms with Gasteiger partial charge in [-0.2, -0.15) is 0 Å². The maximum absolute atomic E-state index is 6.01. The smallest absolute Gasteiger partial charge is 0.0742 e. The maximum Gasteiger partial charge on any atom is 0.0742 e. The Hall–Kier alpha value is -1.19. The first kappa shape index (κ1) is 13.2. The quantitative estimate of drug-likeness (QED) is 0.780. The Kier molecular flexibility index (Phi) is 4.15. The number of nitrogens with one attached hydrogen (secondary N) is 1. The summed E-state index contributed by atoms with van der Waals surface area (Å²) in [6, 6.07) is 11.7. The molecule has 0 unspecified atom stereocenters. The fourth-order valence-corrected chi connectivity index (χ4v) is 2.35. The minimum atomic E-state index is 0.565. The molecule has 94 valence electrons. The van der Waals surface area contributed by atoms with E-state index in [1.165, 1.54) is 5.56 Å². The Bertz CT molecular complexity index is 570. The second-order valence-electron chi connectivity index (χ2n) is 3.98. The van der Waals surface area contributed by atoms with E-state index in [0.717, 1.165) is 22.3 Å². The van der Waals surface area contributed by atoms with Crippen LogP contribution in [0.5, 0.6) is 0 Å². The van der Waals surface area contributed by atoms with Crippen LogP contribution in [-0.4, -0.2) is 0 Å². The Morgan fingerprint density at radius 1 is 1.22 bits per heavy atom. The Morgan fingerprint density at radius 2 is 2.00 bits per heavy atom. The van der Waals surface area contributed by atoms with Gasteiger partial charge in [-0.3, -0.25) is 0 Å². The lowest BCUT2D eigenvalue weighted by atomic mass is 10.1. The molecule has 18 heavy (non-hydrogen) atoms. The number of halogens is 2. The number of para-hydroxylation sites is 1. The van der Waals surface area contributed by atoms with Crippen molar-refractivity contribution in [3.05, 3.63) is 51.5 Å². The molecule has 2 nitrogen and oxygen atoms in total. The number of rotatable bonds is 3. The highest BCUT2D eigenvalue weighted by Gasteiger charge is 2.06. The van der Waals surface area contributed by atoms with E-state index in [9.17, 15) is 0 Å². The predicted molar refractivity (Wildman–Crippen MR) is 82.7 cm³/mol. The summed E-state index contributed by atoms with van der Waals surface area (Å²) in [6.07, 6.45) is 0.947. The van der Waals surface area contributed by atoms with Crippen LogP contribution >= 0.6 is 27.5 Å². The molecule has 0 heterocycles. The topological polar surface area (TPSA) is 38.0 Å². The summed E-state index contributed by atoms with van der Waals surface area (Å²) in [6.45, 7) is 2.12.